The molecule has 0 radical (unpaired) electrons. The molecular formula is C7H13NO2. The van der Waals surface area contributed by atoms with E-state index in [1.54, 1.807) is 0 Å². The monoisotopic (exact) mass is 143 g/mol. The molecule has 3 nitrogen and oxygen atoms in total. The average molecular weight is 143 g/mol. The van der Waals surface area contributed by atoms with E-state index in [1.807, 2.05) is 0 Å². The van der Waals surface area contributed by atoms with E-state index in [9.17, 15) is 4.79 Å². The lowest BCUT2D eigenvalue weighted by Crippen LogP contribution is -2.29. The smallest absolute Gasteiger partial charge is 0.407 e. The second-order valence-corrected chi connectivity index (χ2v) is 2.77. The van der Waals surface area contributed by atoms with Crippen LogP contribution in [0.25, 0.3) is 0 Å². The Morgan fingerprint density at radius 2 is 2.50 bits per heavy atom. The van der Waals surface area contributed by atoms with Crippen molar-refractivity contribution in [2.24, 2.45) is 5.92 Å². The second-order valence-electron chi connectivity index (χ2n) is 2.77. The van der Waals surface area contributed by atoms with E-state index in [4.69, 9.17) is 4.74 Å². The number of hydrogen-bond donors (Lipinski definition) is 1. The zero-order valence-corrected chi connectivity index (χ0v) is 6.22. The van der Waals surface area contributed by atoms with E-state index in [0.29, 0.717) is 12.5 Å². The van der Waals surface area contributed by atoms with Gasteiger partial charge in [0.25, 0.3) is 0 Å². The predicted molar refractivity (Wildman–Crippen MR) is 37.7 cm³/mol. The lowest BCUT2D eigenvalue weighted by molar-refractivity contribution is 0.121. The summed E-state index contributed by atoms with van der Waals surface area (Å²) < 4.78 is 4.85. The Morgan fingerprint density at radius 3 is 3.30 bits per heavy atom. The van der Waals surface area contributed by atoms with Crippen molar-refractivity contribution in [3.8, 4) is 0 Å². The first kappa shape index (κ1) is 7.38. The highest BCUT2D eigenvalue weighted by molar-refractivity contribution is 5.67. The number of alkyl carbamates (subject to hydrolysis) is 1. The van der Waals surface area contributed by atoms with E-state index in [0.717, 1.165) is 19.4 Å². The summed E-state index contributed by atoms with van der Waals surface area (Å²) in [5, 5.41) is 2.64. The van der Waals surface area contributed by atoms with Gasteiger partial charge in [0.1, 0.15) is 0 Å². The van der Waals surface area contributed by atoms with Crippen LogP contribution in [0.3, 0.4) is 0 Å². The summed E-state index contributed by atoms with van der Waals surface area (Å²) in [5.41, 5.74) is 0. The largest absolute Gasteiger partial charge is 0.449 e. The normalized spacial score (nSPS) is 27.7. The molecule has 1 aliphatic rings. The molecule has 10 heavy (non-hydrogen) atoms. The van der Waals surface area contributed by atoms with Gasteiger partial charge in [0.2, 0.25) is 0 Å². The summed E-state index contributed by atoms with van der Waals surface area (Å²) in [4.78, 5) is 10.6. The molecule has 1 N–H and O–H groups in total. The summed E-state index contributed by atoms with van der Waals surface area (Å²) in [5.74, 6) is 0.519. The van der Waals surface area contributed by atoms with Crippen LogP contribution in [0, 0.1) is 5.92 Å². The number of carbonyl (C=O) groups is 1. The molecule has 1 amide bonds. The predicted octanol–water partition coefficient (Wildman–Crippen LogP) is 1.14. The SMILES string of the molecule is CC1CCCNC(=O)OC1. The van der Waals surface area contributed by atoms with Crippen LogP contribution in [-0.4, -0.2) is 19.2 Å². The Hall–Kier alpha value is -0.730. The number of amides is 1. The molecule has 0 saturated carbocycles. The fourth-order valence-electron chi connectivity index (χ4n) is 0.993. The molecule has 0 bridgehead atoms. The first-order valence-corrected chi connectivity index (χ1v) is 3.69. The van der Waals surface area contributed by atoms with Crippen LogP contribution in [0.15, 0.2) is 0 Å². The number of nitrogens with one attached hydrogen (secondary N) is 1. The first-order valence-electron chi connectivity index (χ1n) is 3.69. The van der Waals surface area contributed by atoms with Gasteiger partial charge in [-0.3, -0.25) is 0 Å². The van der Waals surface area contributed by atoms with Crippen molar-refractivity contribution in [2.45, 2.75) is 19.8 Å². The molecular weight excluding hydrogens is 130 g/mol. The van der Waals surface area contributed by atoms with Gasteiger partial charge in [-0.1, -0.05) is 6.92 Å². The molecule has 1 saturated heterocycles. The van der Waals surface area contributed by atoms with E-state index in [2.05, 4.69) is 12.2 Å². The molecule has 1 rings (SSSR count). The van der Waals surface area contributed by atoms with Crippen molar-refractivity contribution in [3.63, 3.8) is 0 Å². The van der Waals surface area contributed by atoms with Crippen molar-refractivity contribution < 1.29 is 9.53 Å². The molecule has 0 spiro atoms. The van der Waals surface area contributed by atoms with Crippen LogP contribution in [0.5, 0.6) is 0 Å². The summed E-state index contributed by atoms with van der Waals surface area (Å²) in [6.45, 7) is 3.41. The Labute approximate surface area is 60.7 Å². The molecule has 58 valence electrons. The Kier molecular flexibility index (Phi) is 2.54. The van der Waals surface area contributed by atoms with Gasteiger partial charge in [-0.15, -0.1) is 0 Å². The maximum atomic E-state index is 10.6. The van der Waals surface area contributed by atoms with Gasteiger partial charge >= 0.3 is 6.09 Å². The second kappa shape index (κ2) is 3.44. The minimum atomic E-state index is -0.272. The standard InChI is InChI=1S/C7H13NO2/c1-6-3-2-4-8-7(9)10-5-6/h6H,2-5H2,1H3,(H,8,9). The van der Waals surface area contributed by atoms with Crippen molar-refractivity contribution in [3.05, 3.63) is 0 Å². The summed E-state index contributed by atoms with van der Waals surface area (Å²) in [7, 11) is 0. The maximum absolute atomic E-state index is 10.6. The van der Waals surface area contributed by atoms with Gasteiger partial charge in [0.05, 0.1) is 6.61 Å². The third kappa shape index (κ3) is 2.25. The van der Waals surface area contributed by atoms with E-state index in [1.165, 1.54) is 0 Å². The van der Waals surface area contributed by atoms with Crippen molar-refractivity contribution in [1.82, 2.24) is 5.32 Å². The Morgan fingerprint density at radius 1 is 1.70 bits per heavy atom. The lowest BCUT2D eigenvalue weighted by Gasteiger charge is -2.15. The van der Waals surface area contributed by atoms with E-state index < -0.39 is 0 Å². The summed E-state index contributed by atoms with van der Waals surface area (Å²) in [6, 6.07) is 0. The molecule has 3 heteroatoms. The Balaban J connectivity index is 2.29. The van der Waals surface area contributed by atoms with Crippen LogP contribution in [0.4, 0.5) is 4.79 Å². The topological polar surface area (TPSA) is 38.3 Å². The number of cyclic esters (lactones) is 1. The molecule has 1 atom stereocenters. The average Bonchev–Trinajstić information content (AvgIpc) is 1.90. The van der Waals surface area contributed by atoms with Crippen LogP contribution in [0.1, 0.15) is 19.8 Å². The molecule has 0 aromatic rings. The van der Waals surface area contributed by atoms with E-state index >= 15 is 0 Å². The van der Waals surface area contributed by atoms with Crippen LogP contribution in [-0.2, 0) is 4.74 Å². The summed E-state index contributed by atoms with van der Waals surface area (Å²) in [6.07, 6.45) is 1.93. The van der Waals surface area contributed by atoms with Crippen molar-refractivity contribution >= 4 is 6.09 Å². The quantitative estimate of drug-likeness (QED) is 0.552. The first-order chi connectivity index (χ1) is 4.79. The number of rotatable bonds is 0. The number of carbonyl (C=O) groups excluding carboxylic acids is 1. The minimum absolute atomic E-state index is 0.272. The van der Waals surface area contributed by atoms with Gasteiger partial charge in [-0.25, -0.2) is 4.79 Å². The minimum Gasteiger partial charge on any atom is -0.449 e. The molecule has 0 aliphatic carbocycles. The van der Waals surface area contributed by atoms with Gasteiger partial charge in [-0.2, -0.15) is 0 Å². The third-order valence-corrected chi connectivity index (χ3v) is 1.64. The molecule has 0 aromatic carbocycles. The van der Waals surface area contributed by atoms with Crippen LogP contribution in [0.2, 0.25) is 0 Å². The highest BCUT2D eigenvalue weighted by atomic mass is 16.5. The highest BCUT2D eigenvalue weighted by Crippen LogP contribution is 2.07. The van der Waals surface area contributed by atoms with Gasteiger partial charge < -0.3 is 10.1 Å². The lowest BCUT2D eigenvalue weighted by atomic mass is 10.1. The third-order valence-electron chi connectivity index (χ3n) is 1.64. The molecule has 0 aromatic heterocycles. The zero-order chi connectivity index (χ0) is 7.40. The van der Waals surface area contributed by atoms with Gasteiger partial charge in [0.15, 0.2) is 0 Å². The summed E-state index contributed by atoms with van der Waals surface area (Å²) >= 11 is 0. The number of ether oxygens (including phenoxy) is 1. The van der Waals surface area contributed by atoms with Crippen LogP contribution < -0.4 is 5.32 Å². The fourth-order valence-corrected chi connectivity index (χ4v) is 0.993. The van der Waals surface area contributed by atoms with E-state index in [-0.39, 0.29) is 6.09 Å². The number of hydrogen-bond acceptors (Lipinski definition) is 2. The zero-order valence-electron chi connectivity index (χ0n) is 6.22. The molecule has 1 unspecified atom stereocenters. The fraction of sp³-hybridized carbons (Fsp3) is 0.857. The van der Waals surface area contributed by atoms with Gasteiger partial charge in [0, 0.05) is 6.54 Å². The maximum Gasteiger partial charge on any atom is 0.407 e. The van der Waals surface area contributed by atoms with Crippen molar-refractivity contribution in [1.29, 1.82) is 0 Å². The Bertz CT molecular complexity index is 125. The van der Waals surface area contributed by atoms with Crippen LogP contribution >= 0.6 is 0 Å². The van der Waals surface area contributed by atoms with Crippen molar-refractivity contribution in [2.75, 3.05) is 13.2 Å². The molecule has 1 heterocycles. The molecule has 1 aliphatic heterocycles. The highest BCUT2D eigenvalue weighted by Gasteiger charge is 2.09. The molecule has 1 fully saturated rings. The van der Waals surface area contributed by atoms with Gasteiger partial charge in [-0.05, 0) is 18.8 Å².